The second-order valence-electron chi connectivity index (χ2n) is 9.68. The molecule has 2 aromatic carbocycles. The summed E-state index contributed by atoms with van der Waals surface area (Å²) in [6.45, 7) is 7.43. The molecule has 186 valence electrons. The van der Waals surface area contributed by atoms with E-state index in [1.807, 2.05) is 12.1 Å². The number of sulfonamides is 1. The van der Waals surface area contributed by atoms with Gasteiger partial charge in [0.15, 0.2) is 11.7 Å². The summed E-state index contributed by atoms with van der Waals surface area (Å²) in [4.78, 5) is 18.9. The molecular weight excluding hydrogens is 469 g/mol. The van der Waals surface area contributed by atoms with Crippen LogP contribution in [0.5, 0.6) is 0 Å². The van der Waals surface area contributed by atoms with Crippen molar-refractivity contribution in [2.24, 2.45) is 0 Å². The van der Waals surface area contributed by atoms with Crippen LogP contribution in [0.3, 0.4) is 0 Å². The summed E-state index contributed by atoms with van der Waals surface area (Å²) < 4.78 is 46.3. The van der Waals surface area contributed by atoms with Gasteiger partial charge >= 0.3 is 0 Å². The smallest absolute Gasteiger partial charge is 0.243 e. The van der Waals surface area contributed by atoms with Crippen LogP contribution in [0.2, 0.25) is 0 Å². The van der Waals surface area contributed by atoms with Crippen molar-refractivity contribution in [3.05, 3.63) is 72.0 Å². The normalized spacial score (nSPS) is 15.4. The van der Waals surface area contributed by atoms with Crippen molar-refractivity contribution in [2.75, 3.05) is 26.2 Å². The number of carbonyl (C=O) groups is 1. The van der Waals surface area contributed by atoms with E-state index in [0.717, 1.165) is 5.56 Å². The highest BCUT2D eigenvalue weighted by atomic mass is 32.2. The van der Waals surface area contributed by atoms with Gasteiger partial charge in [0.1, 0.15) is 5.82 Å². The Bertz CT molecular complexity index is 1270. The maximum Gasteiger partial charge on any atom is 0.243 e. The van der Waals surface area contributed by atoms with E-state index in [2.05, 4.69) is 25.8 Å². The molecule has 0 saturated carbocycles. The summed E-state index contributed by atoms with van der Waals surface area (Å²) >= 11 is 0. The van der Waals surface area contributed by atoms with E-state index >= 15 is 0 Å². The Kier molecular flexibility index (Phi) is 7.10. The minimum absolute atomic E-state index is 0.0536. The fourth-order valence-corrected chi connectivity index (χ4v) is 5.42. The molecule has 0 bridgehead atoms. The molecular formula is C26H30FN3O4S. The molecule has 1 saturated heterocycles. The minimum Gasteiger partial charge on any atom is -0.441 e. The van der Waals surface area contributed by atoms with Gasteiger partial charge in [-0.25, -0.2) is 17.8 Å². The average Bonchev–Trinajstić information content (AvgIpc) is 3.31. The van der Waals surface area contributed by atoms with Gasteiger partial charge < -0.3 is 9.32 Å². The van der Waals surface area contributed by atoms with Crippen LogP contribution in [0.25, 0.3) is 11.3 Å². The highest BCUT2D eigenvalue weighted by molar-refractivity contribution is 7.89. The molecule has 0 radical (unpaired) electrons. The van der Waals surface area contributed by atoms with Crippen LogP contribution in [0.4, 0.5) is 4.39 Å². The molecule has 1 aliphatic heterocycles. The Morgan fingerprint density at radius 2 is 1.63 bits per heavy atom. The molecule has 9 heteroatoms. The summed E-state index contributed by atoms with van der Waals surface area (Å²) in [6, 6.07) is 12.9. The first-order valence-electron chi connectivity index (χ1n) is 11.6. The lowest BCUT2D eigenvalue weighted by molar-refractivity contribution is -0.132. The number of halogens is 1. The Morgan fingerprint density at radius 3 is 2.23 bits per heavy atom. The maximum atomic E-state index is 13.1. The second-order valence-corrected chi connectivity index (χ2v) is 11.6. The molecule has 0 N–H and O–H groups in total. The summed E-state index contributed by atoms with van der Waals surface area (Å²) in [5, 5.41) is 0. The first-order chi connectivity index (χ1) is 16.5. The van der Waals surface area contributed by atoms with E-state index in [-0.39, 0.29) is 41.5 Å². The summed E-state index contributed by atoms with van der Waals surface area (Å²) in [7, 11) is -3.61. The fourth-order valence-electron chi connectivity index (χ4n) is 4.00. The number of aromatic nitrogens is 1. The lowest BCUT2D eigenvalue weighted by Gasteiger charge is -2.34. The molecule has 0 aliphatic carbocycles. The Balaban J connectivity index is 1.30. The van der Waals surface area contributed by atoms with Crippen molar-refractivity contribution in [3.63, 3.8) is 0 Å². The first-order valence-corrected chi connectivity index (χ1v) is 13.1. The van der Waals surface area contributed by atoms with Crippen molar-refractivity contribution < 1.29 is 22.0 Å². The average molecular weight is 500 g/mol. The number of amides is 1. The van der Waals surface area contributed by atoms with Crippen molar-refractivity contribution in [2.45, 2.75) is 43.9 Å². The molecule has 0 spiro atoms. The minimum atomic E-state index is -3.61. The van der Waals surface area contributed by atoms with E-state index in [4.69, 9.17) is 4.42 Å². The van der Waals surface area contributed by atoms with Gasteiger partial charge in [0.2, 0.25) is 15.9 Å². The van der Waals surface area contributed by atoms with Crippen LogP contribution >= 0.6 is 0 Å². The number of aryl methyl sites for hydroxylation is 1. The van der Waals surface area contributed by atoms with Crippen LogP contribution in [-0.4, -0.2) is 54.7 Å². The van der Waals surface area contributed by atoms with Crippen molar-refractivity contribution in [1.82, 2.24) is 14.2 Å². The molecule has 0 atom stereocenters. The second kappa shape index (κ2) is 9.91. The molecule has 1 fully saturated rings. The predicted octanol–water partition coefficient (Wildman–Crippen LogP) is 4.24. The molecule has 4 rings (SSSR count). The first kappa shape index (κ1) is 25.1. The summed E-state index contributed by atoms with van der Waals surface area (Å²) in [5.74, 6) is 0.544. The zero-order chi connectivity index (χ0) is 25.2. The summed E-state index contributed by atoms with van der Waals surface area (Å²) in [6.07, 6.45) is 2.10. The van der Waals surface area contributed by atoms with Gasteiger partial charge in [0.05, 0.1) is 11.1 Å². The van der Waals surface area contributed by atoms with Crippen molar-refractivity contribution in [1.29, 1.82) is 0 Å². The SMILES string of the molecule is CC(C)(C)c1ccc(S(=O)(=O)N2CCN(C(=O)CCc3ncc(-c4ccc(F)cc4)o3)CC2)cc1. The number of oxazole rings is 1. The molecule has 2 heterocycles. The van der Waals surface area contributed by atoms with E-state index < -0.39 is 10.0 Å². The number of hydrogen-bond acceptors (Lipinski definition) is 5. The van der Waals surface area contributed by atoms with Crippen LogP contribution < -0.4 is 0 Å². The number of nitrogens with zero attached hydrogens (tertiary/aromatic N) is 3. The zero-order valence-electron chi connectivity index (χ0n) is 20.2. The van der Waals surface area contributed by atoms with Crippen molar-refractivity contribution >= 4 is 15.9 Å². The van der Waals surface area contributed by atoms with Gasteiger partial charge in [0, 0.05) is 44.6 Å². The lowest BCUT2D eigenvalue weighted by Crippen LogP contribution is -2.50. The number of piperazine rings is 1. The van der Waals surface area contributed by atoms with E-state index in [0.29, 0.717) is 36.7 Å². The van der Waals surface area contributed by atoms with Crippen LogP contribution in [0, 0.1) is 5.82 Å². The van der Waals surface area contributed by atoms with Gasteiger partial charge in [-0.15, -0.1) is 0 Å². The van der Waals surface area contributed by atoms with Crippen LogP contribution in [0.1, 0.15) is 38.6 Å². The number of benzene rings is 2. The van der Waals surface area contributed by atoms with Gasteiger partial charge in [-0.2, -0.15) is 4.31 Å². The predicted molar refractivity (Wildman–Crippen MR) is 131 cm³/mol. The van der Waals surface area contributed by atoms with Crippen LogP contribution in [-0.2, 0) is 26.7 Å². The number of hydrogen-bond donors (Lipinski definition) is 0. The largest absolute Gasteiger partial charge is 0.441 e. The molecule has 1 aromatic heterocycles. The molecule has 1 aliphatic rings. The third-order valence-corrected chi connectivity index (χ3v) is 8.10. The van der Waals surface area contributed by atoms with E-state index in [9.17, 15) is 17.6 Å². The van der Waals surface area contributed by atoms with Gasteiger partial charge in [0.25, 0.3) is 0 Å². The van der Waals surface area contributed by atoms with E-state index in [1.54, 1.807) is 35.4 Å². The standard InChI is InChI=1S/C26H30FN3O4S/c1-26(2,3)20-6-10-22(11-7-20)35(32,33)30-16-14-29(15-17-30)25(31)13-12-24-28-18-23(34-24)19-4-8-21(27)9-5-19/h4-11,18H,12-17H2,1-3H3. The number of carbonyl (C=O) groups excluding carboxylic acids is 1. The quantitative estimate of drug-likeness (QED) is 0.507. The van der Waals surface area contributed by atoms with Gasteiger partial charge in [-0.3, -0.25) is 4.79 Å². The molecule has 7 nitrogen and oxygen atoms in total. The van der Waals surface area contributed by atoms with Gasteiger partial charge in [-0.05, 0) is 47.4 Å². The molecule has 35 heavy (non-hydrogen) atoms. The third kappa shape index (κ3) is 5.79. The Hall–Kier alpha value is -3.04. The highest BCUT2D eigenvalue weighted by Gasteiger charge is 2.30. The maximum absolute atomic E-state index is 13.1. The molecule has 0 unspecified atom stereocenters. The third-order valence-electron chi connectivity index (χ3n) is 6.18. The Morgan fingerprint density at radius 1 is 1.00 bits per heavy atom. The summed E-state index contributed by atoms with van der Waals surface area (Å²) in [5.41, 5.74) is 1.73. The highest BCUT2D eigenvalue weighted by Crippen LogP contribution is 2.25. The van der Waals surface area contributed by atoms with Crippen molar-refractivity contribution in [3.8, 4) is 11.3 Å². The molecule has 3 aromatic rings. The lowest BCUT2D eigenvalue weighted by atomic mass is 9.87. The zero-order valence-corrected chi connectivity index (χ0v) is 21.0. The number of rotatable bonds is 6. The topological polar surface area (TPSA) is 83.7 Å². The fraction of sp³-hybridized carbons (Fsp3) is 0.385. The van der Waals surface area contributed by atoms with Gasteiger partial charge in [-0.1, -0.05) is 32.9 Å². The van der Waals surface area contributed by atoms with Crippen LogP contribution in [0.15, 0.2) is 64.0 Å². The molecule has 1 amide bonds. The van der Waals surface area contributed by atoms with E-state index in [1.165, 1.54) is 16.4 Å². The Labute approximate surface area is 205 Å². The monoisotopic (exact) mass is 499 g/mol.